The van der Waals surface area contributed by atoms with E-state index in [2.05, 4.69) is 21.8 Å². The molecule has 1 N–H and O–H groups in total. The van der Waals surface area contributed by atoms with Crippen molar-refractivity contribution in [3.8, 4) is 5.75 Å². The highest BCUT2D eigenvalue weighted by atomic mass is 16.3. The van der Waals surface area contributed by atoms with Crippen molar-refractivity contribution in [1.82, 2.24) is 14.3 Å². The number of likely N-dealkylation sites (N-methyl/N-ethyl adjacent to an activating group) is 1. The van der Waals surface area contributed by atoms with Gasteiger partial charge >= 0.3 is 0 Å². The summed E-state index contributed by atoms with van der Waals surface area (Å²) >= 11 is 0. The van der Waals surface area contributed by atoms with Crippen LogP contribution in [0.3, 0.4) is 0 Å². The van der Waals surface area contributed by atoms with Gasteiger partial charge in [0, 0.05) is 45.3 Å². The Bertz CT molecular complexity index is 946. The van der Waals surface area contributed by atoms with Crippen LogP contribution in [-0.2, 0) is 4.79 Å². The standard InChI is InChI=1S/C19H25N5O3/c1-13-17(26)19(27)24-12-14(22-9-7-21(2)8-10-22)11-15(18(24)20-13)23-6-4-3-5-16(23)25/h11-12,26H,3-10H2,1-2H3. The molecular formula is C19H25N5O3. The van der Waals surface area contributed by atoms with Crippen LogP contribution in [0.15, 0.2) is 17.1 Å². The summed E-state index contributed by atoms with van der Waals surface area (Å²) in [5, 5.41) is 10.1. The monoisotopic (exact) mass is 371 g/mol. The first-order valence-corrected chi connectivity index (χ1v) is 9.45. The largest absolute Gasteiger partial charge is 0.502 e. The lowest BCUT2D eigenvalue weighted by atomic mass is 10.1. The fourth-order valence-electron chi connectivity index (χ4n) is 3.80. The number of carbonyl (C=O) groups excluding carboxylic acids is 1. The fraction of sp³-hybridized carbons (Fsp3) is 0.526. The molecule has 2 aromatic rings. The van der Waals surface area contributed by atoms with Crippen molar-refractivity contribution in [2.24, 2.45) is 0 Å². The number of aromatic nitrogens is 2. The smallest absolute Gasteiger partial charge is 0.300 e. The van der Waals surface area contributed by atoms with Gasteiger partial charge in [-0.25, -0.2) is 4.98 Å². The van der Waals surface area contributed by atoms with Crippen molar-refractivity contribution >= 4 is 22.9 Å². The minimum atomic E-state index is -0.501. The molecule has 8 heteroatoms. The van der Waals surface area contributed by atoms with Gasteiger partial charge in [0.1, 0.15) is 0 Å². The molecule has 2 fully saturated rings. The van der Waals surface area contributed by atoms with E-state index in [1.54, 1.807) is 18.0 Å². The lowest BCUT2D eigenvalue weighted by Gasteiger charge is -2.35. The molecule has 1 amide bonds. The number of carbonyl (C=O) groups is 1. The van der Waals surface area contributed by atoms with Crippen LogP contribution in [0.1, 0.15) is 25.0 Å². The van der Waals surface area contributed by atoms with Crippen LogP contribution >= 0.6 is 0 Å². The van der Waals surface area contributed by atoms with Gasteiger partial charge in [-0.2, -0.15) is 0 Å². The molecule has 0 spiro atoms. The van der Waals surface area contributed by atoms with Crippen molar-refractivity contribution in [3.63, 3.8) is 0 Å². The molecule has 8 nitrogen and oxygen atoms in total. The van der Waals surface area contributed by atoms with E-state index in [0.29, 0.717) is 24.3 Å². The number of hydrogen-bond acceptors (Lipinski definition) is 6. The molecule has 4 rings (SSSR count). The Morgan fingerprint density at radius 3 is 2.52 bits per heavy atom. The molecule has 0 radical (unpaired) electrons. The van der Waals surface area contributed by atoms with E-state index in [1.807, 2.05) is 6.07 Å². The Kier molecular flexibility index (Phi) is 4.51. The predicted octanol–water partition coefficient (Wildman–Crippen LogP) is 0.977. The molecule has 0 saturated carbocycles. The number of pyridine rings is 1. The van der Waals surface area contributed by atoms with E-state index < -0.39 is 5.56 Å². The molecular weight excluding hydrogens is 346 g/mol. The highest BCUT2D eigenvalue weighted by Crippen LogP contribution is 2.30. The first-order chi connectivity index (χ1) is 13.0. The number of piperidine rings is 1. The van der Waals surface area contributed by atoms with E-state index >= 15 is 0 Å². The van der Waals surface area contributed by atoms with Gasteiger partial charge in [-0.1, -0.05) is 0 Å². The molecule has 0 atom stereocenters. The predicted molar refractivity (Wildman–Crippen MR) is 104 cm³/mol. The lowest BCUT2D eigenvalue weighted by molar-refractivity contribution is -0.119. The highest BCUT2D eigenvalue weighted by molar-refractivity contribution is 5.98. The average molecular weight is 371 g/mol. The number of nitrogens with zero attached hydrogens (tertiary/aromatic N) is 5. The maximum absolute atomic E-state index is 12.7. The third-order valence-corrected chi connectivity index (χ3v) is 5.52. The van der Waals surface area contributed by atoms with Gasteiger partial charge in [0.2, 0.25) is 11.7 Å². The maximum Gasteiger partial charge on any atom is 0.300 e. The second kappa shape index (κ2) is 6.84. The summed E-state index contributed by atoms with van der Waals surface area (Å²) in [6, 6.07) is 1.97. The normalized spacial score (nSPS) is 19.1. The number of fused-ring (bicyclic) bond motifs is 1. The average Bonchev–Trinajstić information content (AvgIpc) is 2.67. The topological polar surface area (TPSA) is 81.4 Å². The van der Waals surface area contributed by atoms with Gasteiger partial charge < -0.3 is 19.8 Å². The first-order valence-electron chi connectivity index (χ1n) is 9.45. The summed E-state index contributed by atoms with van der Waals surface area (Å²) in [5.74, 6) is -0.294. The summed E-state index contributed by atoms with van der Waals surface area (Å²) in [5.41, 5.74) is 1.72. The second-order valence-corrected chi connectivity index (χ2v) is 7.42. The zero-order valence-corrected chi connectivity index (χ0v) is 15.8. The van der Waals surface area contributed by atoms with Gasteiger partial charge in [0.15, 0.2) is 5.65 Å². The van der Waals surface area contributed by atoms with Crippen LogP contribution in [0.25, 0.3) is 5.65 Å². The number of aromatic hydroxyl groups is 1. The van der Waals surface area contributed by atoms with Crippen LogP contribution in [0.5, 0.6) is 5.75 Å². The van der Waals surface area contributed by atoms with E-state index in [1.165, 1.54) is 4.40 Å². The van der Waals surface area contributed by atoms with Crippen molar-refractivity contribution in [2.45, 2.75) is 26.2 Å². The van der Waals surface area contributed by atoms with Gasteiger partial charge in [0.05, 0.1) is 17.1 Å². The Morgan fingerprint density at radius 1 is 1.07 bits per heavy atom. The fourth-order valence-corrected chi connectivity index (χ4v) is 3.80. The number of amides is 1. The number of aryl methyl sites for hydroxylation is 1. The van der Waals surface area contributed by atoms with E-state index in [0.717, 1.165) is 44.7 Å². The highest BCUT2D eigenvalue weighted by Gasteiger charge is 2.25. The van der Waals surface area contributed by atoms with Gasteiger partial charge in [0.25, 0.3) is 5.56 Å². The molecule has 0 aromatic carbocycles. The quantitative estimate of drug-likeness (QED) is 0.848. The third kappa shape index (κ3) is 3.14. The number of hydrogen-bond donors (Lipinski definition) is 1. The van der Waals surface area contributed by atoms with Gasteiger partial charge in [-0.05, 0) is 32.9 Å². The molecule has 2 saturated heterocycles. The summed E-state index contributed by atoms with van der Waals surface area (Å²) in [7, 11) is 2.09. The zero-order valence-electron chi connectivity index (χ0n) is 15.8. The van der Waals surface area contributed by atoms with Crippen LogP contribution < -0.4 is 15.4 Å². The van der Waals surface area contributed by atoms with Crippen molar-refractivity contribution in [2.75, 3.05) is 49.6 Å². The molecule has 4 heterocycles. The van der Waals surface area contributed by atoms with Crippen molar-refractivity contribution < 1.29 is 9.90 Å². The molecule has 144 valence electrons. The minimum absolute atomic E-state index is 0.0543. The molecule has 0 unspecified atom stereocenters. The number of anilines is 2. The third-order valence-electron chi connectivity index (χ3n) is 5.52. The van der Waals surface area contributed by atoms with Crippen LogP contribution in [0.4, 0.5) is 11.4 Å². The minimum Gasteiger partial charge on any atom is -0.502 e. The van der Waals surface area contributed by atoms with E-state index in [4.69, 9.17) is 0 Å². The van der Waals surface area contributed by atoms with Crippen molar-refractivity contribution in [3.05, 3.63) is 28.3 Å². The van der Waals surface area contributed by atoms with Gasteiger partial charge in [-0.15, -0.1) is 0 Å². The van der Waals surface area contributed by atoms with Crippen LogP contribution in [0, 0.1) is 6.92 Å². The summed E-state index contributed by atoms with van der Waals surface area (Å²) in [6.07, 6.45) is 4.05. The molecule has 27 heavy (non-hydrogen) atoms. The summed E-state index contributed by atoms with van der Waals surface area (Å²) in [4.78, 5) is 35.9. The van der Waals surface area contributed by atoms with Crippen LogP contribution in [-0.4, -0.2) is 65.1 Å². The maximum atomic E-state index is 12.7. The van der Waals surface area contributed by atoms with Crippen molar-refractivity contribution in [1.29, 1.82) is 0 Å². The molecule has 2 aromatic heterocycles. The van der Waals surface area contributed by atoms with Gasteiger partial charge in [-0.3, -0.25) is 14.0 Å². The Balaban J connectivity index is 1.90. The zero-order chi connectivity index (χ0) is 19.1. The Morgan fingerprint density at radius 2 is 1.81 bits per heavy atom. The SMILES string of the molecule is Cc1nc2c(N3CCCCC3=O)cc(N3CCN(C)CC3)cn2c(=O)c1O. The first kappa shape index (κ1) is 17.8. The molecule has 0 bridgehead atoms. The van der Waals surface area contributed by atoms with Crippen LogP contribution in [0.2, 0.25) is 0 Å². The second-order valence-electron chi connectivity index (χ2n) is 7.42. The Labute approximate surface area is 157 Å². The molecule has 2 aliphatic heterocycles. The number of rotatable bonds is 2. The van der Waals surface area contributed by atoms with E-state index in [9.17, 15) is 14.7 Å². The molecule has 2 aliphatic rings. The molecule has 0 aliphatic carbocycles. The van der Waals surface area contributed by atoms with E-state index in [-0.39, 0.29) is 17.4 Å². The summed E-state index contributed by atoms with van der Waals surface area (Å²) in [6.45, 7) is 5.78. The Hall–Kier alpha value is -2.61. The number of piperazine rings is 1. The lowest BCUT2D eigenvalue weighted by Crippen LogP contribution is -2.45. The summed E-state index contributed by atoms with van der Waals surface area (Å²) < 4.78 is 1.38.